The summed E-state index contributed by atoms with van der Waals surface area (Å²) >= 11 is 1.46. The van der Waals surface area contributed by atoms with Crippen molar-refractivity contribution < 1.29 is 52.5 Å². The second-order valence-corrected chi connectivity index (χ2v) is 11.1. The van der Waals surface area contributed by atoms with Crippen molar-refractivity contribution in [1.82, 2.24) is 0 Å². The molecule has 2 rings (SSSR count). The van der Waals surface area contributed by atoms with Crippen LogP contribution >= 0.6 is 22.7 Å². The summed E-state index contributed by atoms with van der Waals surface area (Å²) in [5.41, 5.74) is -0.384. The number of hydrogen-bond acceptors (Lipinski definition) is 16. The SMILES string of the molecule is CCOC(=O)Cc1c(C(=O)OCC)sc(NC(=O)Cc2c(C(=O)OCC)sc(N(CC(=O)OCC)CC(=O)OCC)c2C#N)c1C#N. The van der Waals surface area contributed by atoms with Gasteiger partial charge in [-0.2, -0.15) is 10.5 Å². The minimum Gasteiger partial charge on any atom is -0.466 e. The summed E-state index contributed by atoms with van der Waals surface area (Å²) in [4.78, 5) is 77.3. The molecule has 47 heavy (non-hydrogen) atoms. The number of nitrogens with zero attached hydrogens (tertiary/aromatic N) is 3. The van der Waals surface area contributed by atoms with E-state index in [9.17, 15) is 39.3 Å². The Morgan fingerprint density at radius 3 is 1.55 bits per heavy atom. The Labute approximate surface area is 278 Å². The molecule has 0 aliphatic heterocycles. The Morgan fingerprint density at radius 2 is 1.09 bits per heavy atom. The maximum atomic E-state index is 13.5. The molecule has 0 fully saturated rings. The molecular formula is C30H34N4O11S2. The van der Waals surface area contributed by atoms with Crippen LogP contribution in [0.1, 0.15) is 76.2 Å². The number of carbonyl (C=O) groups is 6. The molecule has 0 saturated heterocycles. The van der Waals surface area contributed by atoms with Crippen LogP contribution in [0.4, 0.5) is 10.0 Å². The quantitative estimate of drug-likeness (QED) is 0.187. The lowest BCUT2D eigenvalue weighted by atomic mass is 10.1. The molecule has 2 aromatic heterocycles. The fraction of sp³-hybridized carbons (Fsp3) is 0.467. The number of nitriles is 2. The van der Waals surface area contributed by atoms with Crippen molar-refractivity contribution in [2.45, 2.75) is 47.5 Å². The van der Waals surface area contributed by atoms with E-state index in [1.807, 2.05) is 12.1 Å². The van der Waals surface area contributed by atoms with Gasteiger partial charge in [-0.05, 0) is 34.6 Å². The molecule has 1 N–H and O–H groups in total. The number of hydrogen-bond donors (Lipinski definition) is 1. The van der Waals surface area contributed by atoms with Gasteiger partial charge in [0.1, 0.15) is 45.0 Å². The molecule has 17 heteroatoms. The molecule has 0 aliphatic rings. The normalized spacial score (nSPS) is 10.2. The Morgan fingerprint density at radius 1 is 0.638 bits per heavy atom. The van der Waals surface area contributed by atoms with E-state index in [4.69, 9.17) is 23.7 Å². The molecule has 15 nitrogen and oxygen atoms in total. The molecule has 0 bridgehead atoms. The summed E-state index contributed by atoms with van der Waals surface area (Å²) in [6, 6.07) is 3.86. The first-order valence-electron chi connectivity index (χ1n) is 14.5. The van der Waals surface area contributed by atoms with E-state index in [1.165, 1.54) is 4.90 Å². The zero-order chi connectivity index (χ0) is 35.1. The molecule has 2 aromatic rings. The van der Waals surface area contributed by atoms with Gasteiger partial charge in [0.2, 0.25) is 5.91 Å². The van der Waals surface area contributed by atoms with Crippen LogP contribution in [0.3, 0.4) is 0 Å². The largest absolute Gasteiger partial charge is 0.466 e. The summed E-state index contributed by atoms with van der Waals surface area (Å²) in [5.74, 6) is -4.60. The molecular weight excluding hydrogens is 656 g/mol. The van der Waals surface area contributed by atoms with E-state index < -0.39 is 61.7 Å². The number of rotatable bonds is 17. The van der Waals surface area contributed by atoms with E-state index in [0.717, 1.165) is 22.7 Å². The topological polar surface area (TPSA) is 211 Å². The molecule has 0 aliphatic carbocycles. The summed E-state index contributed by atoms with van der Waals surface area (Å²) in [7, 11) is 0. The van der Waals surface area contributed by atoms with E-state index in [2.05, 4.69) is 5.32 Å². The molecule has 0 atom stereocenters. The fourth-order valence-electron chi connectivity index (χ4n) is 4.13. The van der Waals surface area contributed by atoms with Crippen LogP contribution in [-0.2, 0) is 55.7 Å². The molecule has 0 saturated carbocycles. The average Bonchev–Trinajstić information content (AvgIpc) is 3.54. The van der Waals surface area contributed by atoms with Gasteiger partial charge < -0.3 is 33.9 Å². The summed E-state index contributed by atoms with van der Waals surface area (Å²) < 4.78 is 25.2. The van der Waals surface area contributed by atoms with Crippen molar-refractivity contribution in [3.05, 3.63) is 32.0 Å². The Balaban J connectivity index is 2.62. The lowest BCUT2D eigenvalue weighted by Gasteiger charge is -2.21. The maximum absolute atomic E-state index is 13.5. The van der Waals surface area contributed by atoms with E-state index in [1.54, 1.807) is 34.6 Å². The van der Waals surface area contributed by atoms with Gasteiger partial charge >= 0.3 is 29.8 Å². The van der Waals surface area contributed by atoms with Crippen molar-refractivity contribution in [2.75, 3.05) is 56.3 Å². The third-order valence-corrected chi connectivity index (χ3v) is 8.30. The predicted molar refractivity (Wildman–Crippen MR) is 168 cm³/mol. The molecule has 0 spiro atoms. The molecule has 0 aromatic carbocycles. The highest BCUT2D eigenvalue weighted by molar-refractivity contribution is 7.19. The molecule has 252 valence electrons. The molecule has 0 unspecified atom stereocenters. The molecule has 1 amide bonds. The van der Waals surface area contributed by atoms with Gasteiger partial charge in [0, 0.05) is 11.1 Å². The smallest absolute Gasteiger partial charge is 0.348 e. The third-order valence-electron chi connectivity index (χ3n) is 5.90. The van der Waals surface area contributed by atoms with Gasteiger partial charge in [-0.1, -0.05) is 0 Å². The second-order valence-electron chi connectivity index (χ2n) is 9.04. The minimum atomic E-state index is -0.856. The first kappa shape index (κ1) is 38.2. The predicted octanol–water partition coefficient (Wildman–Crippen LogP) is 3.13. The number of amides is 1. The van der Waals surface area contributed by atoms with Crippen molar-refractivity contribution in [1.29, 1.82) is 10.5 Å². The second kappa shape index (κ2) is 18.8. The number of ether oxygens (including phenoxy) is 5. The standard InChI is InChI=1S/C30H34N4O11S2/c1-6-41-22(36)12-18-19(13-31)27(46-25(18)29(39)44-9-4)33-21(35)11-17-20(14-32)28(47-26(17)30(40)45-10-5)34(15-23(37)42-7-2)16-24(38)43-8-3/h6-12,15-16H2,1-5H3,(H,33,35). The maximum Gasteiger partial charge on any atom is 0.348 e. The third kappa shape index (κ3) is 10.2. The fourth-order valence-corrected chi connectivity index (χ4v) is 6.38. The number of thiophene rings is 2. The van der Waals surface area contributed by atoms with E-state index >= 15 is 0 Å². The van der Waals surface area contributed by atoms with Crippen LogP contribution in [0.2, 0.25) is 0 Å². The van der Waals surface area contributed by atoms with Crippen molar-refractivity contribution >= 4 is 68.4 Å². The monoisotopic (exact) mass is 690 g/mol. The zero-order valence-corrected chi connectivity index (χ0v) is 28.1. The van der Waals surface area contributed by atoms with Crippen LogP contribution in [-0.4, -0.2) is 81.9 Å². The highest BCUT2D eigenvalue weighted by Gasteiger charge is 2.32. The van der Waals surface area contributed by atoms with Crippen molar-refractivity contribution in [3.63, 3.8) is 0 Å². The van der Waals surface area contributed by atoms with Gasteiger partial charge in [0.05, 0.1) is 57.0 Å². The van der Waals surface area contributed by atoms with E-state index in [-0.39, 0.29) is 75.0 Å². The van der Waals surface area contributed by atoms with Crippen molar-refractivity contribution in [3.8, 4) is 12.1 Å². The molecule has 2 heterocycles. The highest BCUT2D eigenvalue weighted by Crippen LogP contribution is 2.38. The van der Waals surface area contributed by atoms with Gasteiger partial charge in [-0.3, -0.25) is 19.2 Å². The Bertz CT molecular complexity index is 1560. The highest BCUT2D eigenvalue weighted by atomic mass is 32.1. The number of nitrogens with one attached hydrogen (secondary N) is 1. The number of carbonyl (C=O) groups excluding carboxylic acids is 6. The summed E-state index contributed by atoms with van der Waals surface area (Å²) in [6.07, 6.45) is -1.03. The first-order valence-corrected chi connectivity index (χ1v) is 16.1. The van der Waals surface area contributed by atoms with Crippen molar-refractivity contribution in [2.24, 2.45) is 0 Å². The number of anilines is 2. The summed E-state index contributed by atoms with van der Waals surface area (Å²) in [6.45, 7) is 7.11. The van der Waals surface area contributed by atoms with Crippen LogP contribution < -0.4 is 10.2 Å². The van der Waals surface area contributed by atoms with Crippen LogP contribution in [0.15, 0.2) is 0 Å². The van der Waals surface area contributed by atoms with Crippen LogP contribution in [0.5, 0.6) is 0 Å². The first-order chi connectivity index (χ1) is 22.5. The lowest BCUT2D eigenvalue weighted by molar-refractivity contribution is -0.143. The van der Waals surface area contributed by atoms with Crippen LogP contribution in [0, 0.1) is 22.7 Å². The van der Waals surface area contributed by atoms with E-state index in [0.29, 0.717) is 0 Å². The lowest BCUT2D eigenvalue weighted by Crippen LogP contribution is -2.36. The Hall–Kier alpha value is -5.00. The van der Waals surface area contributed by atoms with Gasteiger partial charge in [0.15, 0.2) is 0 Å². The molecule has 0 radical (unpaired) electrons. The summed E-state index contributed by atoms with van der Waals surface area (Å²) in [5, 5.41) is 22.6. The van der Waals surface area contributed by atoms with Gasteiger partial charge in [-0.15, -0.1) is 22.7 Å². The zero-order valence-electron chi connectivity index (χ0n) is 26.5. The average molecular weight is 691 g/mol. The number of esters is 5. The minimum absolute atomic E-state index is 0.0105. The van der Waals surface area contributed by atoms with Gasteiger partial charge in [-0.25, -0.2) is 9.59 Å². The Kier molecular flexibility index (Phi) is 15.3. The van der Waals surface area contributed by atoms with Crippen LogP contribution in [0.25, 0.3) is 0 Å². The van der Waals surface area contributed by atoms with Gasteiger partial charge in [0.25, 0.3) is 0 Å².